The summed E-state index contributed by atoms with van der Waals surface area (Å²) in [5.41, 5.74) is 6.27. The Morgan fingerprint density at radius 2 is 2.25 bits per heavy atom. The van der Waals surface area contributed by atoms with E-state index in [2.05, 4.69) is 10.6 Å². The molecule has 7 heteroatoms. The molecule has 0 radical (unpaired) electrons. The van der Waals surface area contributed by atoms with Crippen LogP contribution in [-0.2, 0) is 16.0 Å². The number of nitrogens with one attached hydrogen (secondary N) is 2. The van der Waals surface area contributed by atoms with Crippen LogP contribution in [0.4, 0.5) is 10.5 Å². The lowest BCUT2D eigenvalue weighted by atomic mass is 9.68. The second kappa shape index (κ2) is 6.90. The van der Waals surface area contributed by atoms with Crippen LogP contribution in [0.2, 0.25) is 0 Å². The van der Waals surface area contributed by atoms with Crippen molar-refractivity contribution in [3.8, 4) is 0 Å². The number of nitrogens with two attached hydrogens (primary N) is 1. The zero-order chi connectivity index (χ0) is 17.3. The maximum absolute atomic E-state index is 12.1. The SMILES string of the molecule is CC(C)(C)OC(=O)NC1C2CCCOC2C1NCc1sccc1N. The fraction of sp³-hybridized carbons (Fsp3) is 0.706. The predicted octanol–water partition coefficient (Wildman–Crippen LogP) is 2.49. The quantitative estimate of drug-likeness (QED) is 0.774. The number of amides is 1. The first kappa shape index (κ1) is 17.5. The van der Waals surface area contributed by atoms with Gasteiger partial charge in [-0.25, -0.2) is 4.79 Å². The van der Waals surface area contributed by atoms with Crippen molar-refractivity contribution in [1.82, 2.24) is 10.6 Å². The first-order valence-corrected chi connectivity index (χ1v) is 9.39. The van der Waals surface area contributed by atoms with Gasteiger partial charge in [0.15, 0.2) is 0 Å². The van der Waals surface area contributed by atoms with Gasteiger partial charge in [-0.1, -0.05) is 0 Å². The molecule has 1 aliphatic heterocycles. The minimum atomic E-state index is -0.495. The van der Waals surface area contributed by atoms with E-state index >= 15 is 0 Å². The third-order valence-corrected chi connectivity index (χ3v) is 5.51. The van der Waals surface area contributed by atoms with Crippen LogP contribution in [0.15, 0.2) is 11.4 Å². The van der Waals surface area contributed by atoms with E-state index in [1.54, 1.807) is 11.3 Å². The molecule has 2 fully saturated rings. The molecule has 2 aliphatic rings. The molecule has 24 heavy (non-hydrogen) atoms. The van der Waals surface area contributed by atoms with Gasteiger partial charge in [0, 0.05) is 29.6 Å². The Balaban J connectivity index is 1.61. The van der Waals surface area contributed by atoms with Crippen molar-refractivity contribution in [3.63, 3.8) is 0 Å². The van der Waals surface area contributed by atoms with Gasteiger partial charge in [-0.15, -0.1) is 11.3 Å². The monoisotopic (exact) mass is 353 g/mol. The van der Waals surface area contributed by atoms with E-state index in [0.717, 1.165) is 30.0 Å². The number of fused-ring (bicyclic) bond motifs is 1. The van der Waals surface area contributed by atoms with E-state index in [9.17, 15) is 4.79 Å². The van der Waals surface area contributed by atoms with Gasteiger partial charge in [-0.2, -0.15) is 0 Å². The smallest absolute Gasteiger partial charge is 0.407 e. The first-order chi connectivity index (χ1) is 11.3. The lowest BCUT2D eigenvalue weighted by Crippen LogP contribution is -2.73. The number of alkyl carbamates (subject to hydrolysis) is 1. The maximum Gasteiger partial charge on any atom is 0.407 e. The minimum absolute atomic E-state index is 0.0336. The third-order valence-electron chi connectivity index (χ3n) is 4.58. The topological polar surface area (TPSA) is 85.6 Å². The molecule has 0 spiro atoms. The Morgan fingerprint density at radius 1 is 1.46 bits per heavy atom. The number of carbonyl (C=O) groups is 1. The Morgan fingerprint density at radius 3 is 2.92 bits per heavy atom. The molecule has 4 unspecified atom stereocenters. The number of thiophene rings is 1. The standard InChI is InChI=1S/C17H27N3O3S/c1-17(2,3)23-16(21)20-13-10-5-4-7-22-15(10)14(13)19-9-12-11(18)6-8-24-12/h6,8,10,13-15,19H,4-5,7,9,18H2,1-3H3,(H,20,21). The highest BCUT2D eigenvalue weighted by Gasteiger charge is 2.53. The number of ether oxygens (including phenoxy) is 2. The molecule has 1 saturated carbocycles. The lowest BCUT2D eigenvalue weighted by molar-refractivity contribution is -0.128. The number of rotatable bonds is 4. The Bertz CT molecular complexity index is 584. The molecule has 6 nitrogen and oxygen atoms in total. The van der Waals surface area contributed by atoms with E-state index in [0.29, 0.717) is 12.5 Å². The second-order valence-electron chi connectivity index (χ2n) is 7.52. The average molecular weight is 353 g/mol. The molecule has 3 rings (SSSR count). The molecule has 1 amide bonds. The van der Waals surface area contributed by atoms with Gasteiger partial charge in [0.1, 0.15) is 5.60 Å². The van der Waals surface area contributed by atoms with Crippen molar-refractivity contribution < 1.29 is 14.3 Å². The van der Waals surface area contributed by atoms with Crippen LogP contribution >= 0.6 is 11.3 Å². The molecule has 1 aromatic rings. The maximum atomic E-state index is 12.1. The molecule has 134 valence electrons. The minimum Gasteiger partial charge on any atom is -0.444 e. The van der Waals surface area contributed by atoms with E-state index in [1.807, 2.05) is 32.2 Å². The predicted molar refractivity (Wildman–Crippen MR) is 95.0 cm³/mol. The molecule has 1 aromatic heterocycles. The van der Waals surface area contributed by atoms with Crippen molar-refractivity contribution in [2.75, 3.05) is 12.3 Å². The molecule has 4 N–H and O–H groups in total. The number of nitrogen functional groups attached to an aromatic ring is 1. The molecule has 1 aliphatic carbocycles. The van der Waals surface area contributed by atoms with Gasteiger partial charge in [0.2, 0.25) is 0 Å². The van der Waals surface area contributed by atoms with E-state index < -0.39 is 5.60 Å². The molecule has 4 atom stereocenters. The molecule has 1 saturated heterocycles. The van der Waals surface area contributed by atoms with Crippen molar-refractivity contribution in [2.24, 2.45) is 5.92 Å². The van der Waals surface area contributed by atoms with Crippen LogP contribution in [0.1, 0.15) is 38.5 Å². The zero-order valence-electron chi connectivity index (χ0n) is 14.5. The Hall–Kier alpha value is -1.31. The summed E-state index contributed by atoms with van der Waals surface area (Å²) in [5.74, 6) is 0.351. The van der Waals surface area contributed by atoms with E-state index in [-0.39, 0.29) is 24.3 Å². The Kier molecular flexibility index (Phi) is 5.03. The Labute approximate surface area is 147 Å². The summed E-state index contributed by atoms with van der Waals surface area (Å²) >= 11 is 1.64. The van der Waals surface area contributed by atoms with Gasteiger partial charge in [-0.3, -0.25) is 0 Å². The molecule has 2 heterocycles. The van der Waals surface area contributed by atoms with Crippen LogP contribution in [0.5, 0.6) is 0 Å². The number of anilines is 1. The van der Waals surface area contributed by atoms with Gasteiger partial charge in [0.25, 0.3) is 0 Å². The first-order valence-electron chi connectivity index (χ1n) is 8.51. The molecular weight excluding hydrogens is 326 g/mol. The summed E-state index contributed by atoms with van der Waals surface area (Å²) in [4.78, 5) is 13.3. The number of carbonyl (C=O) groups excluding carboxylic acids is 1. The normalized spacial score (nSPS) is 29.5. The highest BCUT2D eigenvalue weighted by atomic mass is 32.1. The van der Waals surface area contributed by atoms with Crippen molar-refractivity contribution in [1.29, 1.82) is 0 Å². The van der Waals surface area contributed by atoms with E-state index in [4.69, 9.17) is 15.2 Å². The zero-order valence-corrected chi connectivity index (χ0v) is 15.3. The summed E-state index contributed by atoms with van der Waals surface area (Å²) < 4.78 is 11.3. The van der Waals surface area contributed by atoms with Gasteiger partial charge in [-0.05, 0) is 45.1 Å². The fourth-order valence-electron chi connectivity index (χ4n) is 3.49. The average Bonchev–Trinajstić information content (AvgIpc) is 2.89. The summed E-state index contributed by atoms with van der Waals surface area (Å²) in [6.07, 6.45) is 1.90. The van der Waals surface area contributed by atoms with E-state index in [1.165, 1.54) is 0 Å². The van der Waals surface area contributed by atoms with Crippen LogP contribution in [0.3, 0.4) is 0 Å². The van der Waals surface area contributed by atoms with Crippen LogP contribution < -0.4 is 16.4 Å². The van der Waals surface area contributed by atoms with Crippen LogP contribution in [0, 0.1) is 5.92 Å². The van der Waals surface area contributed by atoms with Crippen molar-refractivity contribution >= 4 is 23.1 Å². The summed E-state index contributed by atoms with van der Waals surface area (Å²) in [6.45, 7) is 7.09. The van der Waals surface area contributed by atoms with Crippen LogP contribution in [-0.4, -0.2) is 36.5 Å². The summed E-state index contributed by atoms with van der Waals surface area (Å²) in [5, 5.41) is 8.54. The van der Waals surface area contributed by atoms with Crippen LogP contribution in [0.25, 0.3) is 0 Å². The van der Waals surface area contributed by atoms with Crippen molar-refractivity contribution in [2.45, 2.75) is 63.9 Å². The number of hydrogen-bond donors (Lipinski definition) is 3. The molecule has 0 bridgehead atoms. The lowest BCUT2D eigenvalue weighted by Gasteiger charge is -2.54. The fourth-order valence-corrected chi connectivity index (χ4v) is 4.24. The summed E-state index contributed by atoms with van der Waals surface area (Å²) in [6, 6.07) is 2.04. The second-order valence-corrected chi connectivity index (χ2v) is 8.52. The van der Waals surface area contributed by atoms with Gasteiger partial charge < -0.3 is 25.8 Å². The number of hydrogen-bond acceptors (Lipinski definition) is 6. The third kappa shape index (κ3) is 3.84. The van der Waals surface area contributed by atoms with Gasteiger partial charge in [0.05, 0.1) is 18.2 Å². The van der Waals surface area contributed by atoms with Gasteiger partial charge >= 0.3 is 6.09 Å². The highest BCUT2D eigenvalue weighted by Crippen LogP contribution is 2.38. The molecule has 0 aromatic carbocycles. The largest absolute Gasteiger partial charge is 0.444 e. The molecular formula is C17H27N3O3S. The summed E-state index contributed by atoms with van der Waals surface area (Å²) in [7, 11) is 0. The highest BCUT2D eigenvalue weighted by molar-refractivity contribution is 7.10. The van der Waals surface area contributed by atoms with Crippen molar-refractivity contribution in [3.05, 3.63) is 16.3 Å².